The summed E-state index contributed by atoms with van der Waals surface area (Å²) in [6.45, 7) is 9.55. The lowest BCUT2D eigenvalue weighted by Gasteiger charge is -2.26. The fraction of sp³-hybridized carbons (Fsp3) is 0.442. The summed E-state index contributed by atoms with van der Waals surface area (Å²) in [5.41, 5.74) is 9.38. The molecule has 1 N–H and O–H groups in total. The van der Waals surface area contributed by atoms with Gasteiger partial charge in [-0.05, 0) is 105 Å². The molecule has 2 amide bonds. The predicted molar refractivity (Wildman–Crippen MR) is 266 cm³/mol. The summed E-state index contributed by atoms with van der Waals surface area (Å²) < 4.78 is 81.3. The molecule has 4 aromatic heterocycles. The number of aryl methyl sites for hydroxylation is 2. The van der Waals surface area contributed by atoms with Crippen molar-refractivity contribution in [2.75, 3.05) is 39.4 Å². The molecule has 7 heterocycles. The van der Waals surface area contributed by atoms with Crippen LogP contribution in [-0.4, -0.2) is 108 Å². The first-order valence-corrected chi connectivity index (χ1v) is 23.8. The summed E-state index contributed by atoms with van der Waals surface area (Å²) >= 11 is 0. The highest BCUT2D eigenvalue weighted by Crippen LogP contribution is 2.34. The van der Waals surface area contributed by atoms with Crippen molar-refractivity contribution in [1.29, 1.82) is 0 Å². The van der Waals surface area contributed by atoms with E-state index in [1.54, 1.807) is 43.5 Å². The summed E-state index contributed by atoms with van der Waals surface area (Å²) in [6, 6.07) is 6.36. The third-order valence-electron chi connectivity index (χ3n) is 12.1. The number of carbonyl (C=O) groups excluding carboxylic acids is 3. The highest BCUT2D eigenvalue weighted by molar-refractivity contribution is 5.79. The number of urea groups is 1. The quantitative estimate of drug-likeness (QED) is 0.0597. The van der Waals surface area contributed by atoms with Crippen LogP contribution in [0.2, 0.25) is 0 Å². The molecule has 1 aliphatic carbocycles. The molecule has 4 aliphatic rings. The van der Waals surface area contributed by atoms with Gasteiger partial charge in [-0.3, -0.25) is 13.6 Å². The lowest BCUT2D eigenvalue weighted by molar-refractivity contribution is -0.156. The number of aldehydes is 1. The van der Waals surface area contributed by atoms with E-state index in [2.05, 4.69) is 46.7 Å². The lowest BCUT2D eigenvalue weighted by Crippen LogP contribution is -2.42. The molecule has 0 fully saturated rings. The standard InChI is InChI=1S/C23H25FN6O2.C21H21FN4O.C3H5NO.C2HF3O.C2H6.CH4/c1-2-25-23(31)29-10-7-15(8-11-29)18-13-26-21(30-14-27-28-22(18)30)6-3-16-17-9-12-32-20(17)5-4-19(16)24;22-18-7-8-19-16(10-11-27-19)15(18)6-9-20-23-12-17(14-4-2-1-3-5-14)21-25-24-13-26(20)21;1-2-4-3-5;3-2(4,5)1-6;1-2;/h4-5,7,13-14H,2-3,6,8-12H2,1H3,(H,25,31);4,7-8,12-13H,1-3,5-6,9-11H2;2H2,1H3;1H;1-2H3;1H4/i;;;;1D;. The first-order chi connectivity index (χ1) is 35.4. The minimum absolute atomic E-state index is 0. The predicted octanol–water partition coefficient (Wildman–Crippen LogP) is 9.50. The first-order valence-electron chi connectivity index (χ1n) is 24.6. The van der Waals surface area contributed by atoms with Crippen LogP contribution < -0.4 is 14.8 Å². The van der Waals surface area contributed by atoms with Crippen LogP contribution in [-0.2, 0) is 48.1 Å². The molecule has 16 nitrogen and oxygen atoms in total. The van der Waals surface area contributed by atoms with Gasteiger partial charge >= 0.3 is 12.2 Å². The number of aliphatic imine (C=N–C) groups is 1. The highest BCUT2D eigenvalue weighted by Gasteiger charge is 2.26. The Hall–Kier alpha value is -7.41. The van der Waals surface area contributed by atoms with Crippen LogP contribution in [0.15, 0.2) is 66.5 Å². The van der Waals surface area contributed by atoms with Crippen LogP contribution in [0.3, 0.4) is 0 Å². The van der Waals surface area contributed by atoms with Gasteiger partial charge in [0, 0.05) is 87.9 Å². The van der Waals surface area contributed by atoms with Crippen molar-refractivity contribution in [3.05, 3.63) is 118 Å². The third kappa shape index (κ3) is 14.4. The van der Waals surface area contributed by atoms with Gasteiger partial charge in [-0.15, -0.1) is 20.4 Å². The average molecular weight is 1020 g/mol. The fourth-order valence-electron chi connectivity index (χ4n) is 8.71. The van der Waals surface area contributed by atoms with Gasteiger partial charge in [-0.25, -0.2) is 33.3 Å². The monoisotopic (exact) mass is 1020 g/mol. The molecular formula is C52H62F5N11O5. The van der Waals surface area contributed by atoms with Crippen LogP contribution in [0.25, 0.3) is 22.4 Å². The first kappa shape index (κ1) is 54.9. The van der Waals surface area contributed by atoms with E-state index in [9.17, 15) is 26.7 Å². The van der Waals surface area contributed by atoms with Crippen LogP contribution in [0, 0.1) is 11.6 Å². The van der Waals surface area contributed by atoms with Crippen molar-refractivity contribution in [1.82, 2.24) is 49.4 Å². The Kier molecular flexibility index (Phi) is 20.6. The molecule has 3 aliphatic heterocycles. The number of aromatic nitrogens is 8. The number of benzene rings is 2. The number of nitrogens with one attached hydrogen (secondary N) is 1. The second-order valence-electron chi connectivity index (χ2n) is 16.4. The van der Waals surface area contributed by atoms with Crippen molar-refractivity contribution in [2.24, 2.45) is 4.99 Å². The van der Waals surface area contributed by atoms with E-state index in [1.165, 1.54) is 36.6 Å². The Bertz CT molecular complexity index is 2950. The number of alkyl halides is 3. The van der Waals surface area contributed by atoms with Crippen LogP contribution >= 0.6 is 0 Å². The summed E-state index contributed by atoms with van der Waals surface area (Å²) in [5.74, 6) is 2.87. The molecule has 10 rings (SSSR count). The van der Waals surface area contributed by atoms with E-state index in [4.69, 9.17) is 20.4 Å². The Balaban J connectivity index is 0.000000218. The number of carbonyl (C=O) groups is 2. The maximum absolute atomic E-state index is 14.5. The maximum Gasteiger partial charge on any atom is 0.446 e. The number of nitrogens with zero attached hydrogens (tertiary/aromatic N) is 10. The summed E-state index contributed by atoms with van der Waals surface area (Å²) in [7, 11) is 0. The summed E-state index contributed by atoms with van der Waals surface area (Å²) in [6.07, 6.45) is 16.3. The normalized spacial score (nSPS) is 14.4. The fourth-order valence-corrected chi connectivity index (χ4v) is 8.71. The van der Waals surface area contributed by atoms with E-state index < -0.39 is 12.5 Å². The zero-order valence-electron chi connectivity index (χ0n) is 41.5. The van der Waals surface area contributed by atoms with E-state index in [-0.39, 0.29) is 25.1 Å². The molecule has 2 aromatic carbocycles. The average Bonchev–Trinajstić information content (AvgIpc) is 4.26. The largest absolute Gasteiger partial charge is 0.493 e. The Morgan fingerprint density at radius 3 is 1.75 bits per heavy atom. The molecule has 6 aromatic rings. The molecule has 73 heavy (non-hydrogen) atoms. The van der Waals surface area contributed by atoms with Crippen LogP contribution in [0.4, 0.5) is 26.7 Å². The SMILES string of the molecule is C.CCN=C=O.CCNC(=O)N1CC=C(c2cnc(CCc3c(F)ccc4c3CCO4)n3cnnc23)CC1.Fc1ccc2c(c1CCc1ncc(C3=CCCCC3)c3nncn13)CCO2.O=CC(F)(F)F.[2H]CC. The number of allylic oxidation sites excluding steroid dienone is 2. The molecule has 0 saturated heterocycles. The number of ether oxygens (including phenoxy) is 2. The number of rotatable bonds is 10. The molecule has 0 unspecified atom stereocenters. The molecule has 0 radical (unpaired) electrons. The van der Waals surface area contributed by atoms with Crippen molar-refractivity contribution >= 4 is 40.8 Å². The zero-order chi connectivity index (χ0) is 52.3. The number of hydrogen-bond acceptors (Lipinski definition) is 12. The zero-order valence-corrected chi connectivity index (χ0v) is 40.5. The van der Waals surface area contributed by atoms with Gasteiger partial charge in [-0.1, -0.05) is 33.4 Å². The van der Waals surface area contributed by atoms with Gasteiger partial charge in [0.05, 0.1) is 13.2 Å². The molecule has 0 atom stereocenters. The number of hydrogen-bond donors (Lipinski definition) is 1. The number of fused-ring (bicyclic) bond motifs is 4. The van der Waals surface area contributed by atoms with E-state index in [1.807, 2.05) is 34.2 Å². The number of amides is 2. The van der Waals surface area contributed by atoms with Crippen molar-refractivity contribution in [2.45, 2.75) is 112 Å². The van der Waals surface area contributed by atoms with Gasteiger partial charge in [0.2, 0.25) is 12.4 Å². The summed E-state index contributed by atoms with van der Waals surface area (Å²) in [4.78, 5) is 44.2. The molecule has 0 bridgehead atoms. The third-order valence-corrected chi connectivity index (χ3v) is 12.1. The second-order valence-corrected chi connectivity index (χ2v) is 16.4. The molecule has 0 saturated carbocycles. The van der Waals surface area contributed by atoms with Crippen molar-refractivity contribution < 1.29 is 47.2 Å². The van der Waals surface area contributed by atoms with Gasteiger partial charge in [0.25, 0.3) is 0 Å². The Morgan fingerprint density at radius 1 is 0.822 bits per heavy atom. The topological polar surface area (TPSA) is 183 Å². The van der Waals surface area contributed by atoms with E-state index in [0.29, 0.717) is 77.5 Å². The summed E-state index contributed by atoms with van der Waals surface area (Å²) in [5, 5.41) is 19.7. The smallest absolute Gasteiger partial charge is 0.446 e. The lowest BCUT2D eigenvalue weighted by atomic mass is 9.95. The molecule has 390 valence electrons. The second kappa shape index (κ2) is 27.4. The number of isocyanates is 1. The Labute approximate surface area is 422 Å². The van der Waals surface area contributed by atoms with Crippen molar-refractivity contribution in [3.63, 3.8) is 0 Å². The highest BCUT2D eigenvalue weighted by atomic mass is 19.4. The van der Waals surface area contributed by atoms with Crippen molar-refractivity contribution in [3.8, 4) is 11.5 Å². The minimum atomic E-state index is -4.64. The van der Waals surface area contributed by atoms with Gasteiger partial charge < -0.3 is 19.7 Å². The minimum Gasteiger partial charge on any atom is -0.493 e. The van der Waals surface area contributed by atoms with Gasteiger partial charge in [-0.2, -0.15) is 13.2 Å². The van der Waals surface area contributed by atoms with Gasteiger partial charge in [0.15, 0.2) is 11.3 Å². The molecule has 0 spiro atoms. The maximum atomic E-state index is 14.5. The van der Waals surface area contributed by atoms with E-state index >= 15 is 0 Å². The Morgan fingerprint density at radius 2 is 1.34 bits per heavy atom. The van der Waals surface area contributed by atoms with Crippen LogP contribution in [0.1, 0.15) is 114 Å². The number of halogens is 5. The van der Waals surface area contributed by atoms with E-state index in [0.717, 1.165) is 99.9 Å². The van der Waals surface area contributed by atoms with Crippen LogP contribution in [0.5, 0.6) is 11.5 Å². The molecular weight excluding hydrogens is 954 g/mol. The molecule has 21 heteroatoms. The van der Waals surface area contributed by atoms with Gasteiger partial charge in [0.1, 0.15) is 47.4 Å².